The Bertz CT molecular complexity index is 499. The Kier molecular flexibility index (Phi) is 2.54. The minimum atomic E-state index is 0.181. The number of carbonyl (C=O) groups excluding carboxylic acids is 1. The van der Waals surface area contributed by atoms with Crippen LogP contribution in [0.5, 0.6) is 0 Å². The summed E-state index contributed by atoms with van der Waals surface area (Å²) in [7, 11) is 0. The third-order valence-electron chi connectivity index (χ3n) is 2.59. The van der Waals surface area contributed by atoms with E-state index in [0.717, 1.165) is 23.0 Å². The highest BCUT2D eigenvalue weighted by molar-refractivity contribution is 5.99. The second-order valence-electron chi connectivity index (χ2n) is 3.51. The Labute approximate surface area is 88.7 Å². The van der Waals surface area contributed by atoms with Gasteiger partial charge in [-0.3, -0.25) is 9.48 Å². The van der Waals surface area contributed by atoms with Gasteiger partial charge in [0.25, 0.3) is 0 Å². The Morgan fingerprint density at radius 3 is 2.87 bits per heavy atom. The van der Waals surface area contributed by atoms with Crippen LogP contribution in [0.3, 0.4) is 0 Å². The minimum absolute atomic E-state index is 0.181. The van der Waals surface area contributed by atoms with Crippen LogP contribution in [0.1, 0.15) is 30.6 Å². The first-order valence-corrected chi connectivity index (χ1v) is 5.25. The van der Waals surface area contributed by atoms with Crippen LogP contribution in [0.15, 0.2) is 24.4 Å². The maximum atomic E-state index is 11.5. The van der Waals surface area contributed by atoms with Crippen molar-refractivity contribution in [2.75, 3.05) is 0 Å². The normalized spacial score (nSPS) is 10.8. The van der Waals surface area contributed by atoms with Gasteiger partial charge in [0.1, 0.15) is 0 Å². The Morgan fingerprint density at radius 2 is 2.20 bits per heavy atom. The fourth-order valence-corrected chi connectivity index (χ4v) is 1.70. The van der Waals surface area contributed by atoms with Crippen molar-refractivity contribution in [2.24, 2.45) is 0 Å². The number of hydrogen-bond donors (Lipinski definition) is 0. The first kappa shape index (κ1) is 9.90. The van der Waals surface area contributed by atoms with Gasteiger partial charge in [-0.2, -0.15) is 5.10 Å². The van der Waals surface area contributed by atoms with E-state index in [0.29, 0.717) is 6.42 Å². The van der Waals surface area contributed by atoms with Gasteiger partial charge in [0.2, 0.25) is 0 Å². The van der Waals surface area contributed by atoms with Crippen LogP contribution in [0.25, 0.3) is 10.9 Å². The molecule has 0 saturated carbocycles. The predicted octanol–water partition coefficient (Wildman–Crippen LogP) is 2.65. The van der Waals surface area contributed by atoms with E-state index in [1.165, 1.54) is 0 Å². The fraction of sp³-hybridized carbons (Fsp3) is 0.333. The molecule has 0 unspecified atom stereocenters. The van der Waals surface area contributed by atoms with Crippen molar-refractivity contribution in [1.82, 2.24) is 9.78 Å². The molecule has 0 amide bonds. The number of hydrogen-bond acceptors (Lipinski definition) is 2. The molecular weight excluding hydrogens is 188 g/mol. The zero-order valence-electron chi connectivity index (χ0n) is 9.03. The van der Waals surface area contributed by atoms with Gasteiger partial charge in [0.15, 0.2) is 5.78 Å². The van der Waals surface area contributed by atoms with E-state index in [1.54, 1.807) is 0 Å². The number of ketones is 1. The van der Waals surface area contributed by atoms with Crippen LogP contribution in [-0.4, -0.2) is 15.6 Å². The second-order valence-corrected chi connectivity index (χ2v) is 3.51. The van der Waals surface area contributed by atoms with Crippen LogP contribution in [0.4, 0.5) is 0 Å². The SMILES string of the molecule is CCC(=O)c1ccc2cnn(CC)c2c1. The number of aryl methyl sites for hydroxylation is 1. The summed E-state index contributed by atoms with van der Waals surface area (Å²) < 4.78 is 1.90. The topological polar surface area (TPSA) is 34.9 Å². The minimum Gasteiger partial charge on any atom is -0.294 e. The number of fused-ring (bicyclic) bond motifs is 1. The monoisotopic (exact) mass is 202 g/mol. The Hall–Kier alpha value is -1.64. The molecule has 0 aliphatic heterocycles. The van der Waals surface area contributed by atoms with Crippen molar-refractivity contribution < 1.29 is 4.79 Å². The Morgan fingerprint density at radius 1 is 1.40 bits per heavy atom. The van der Waals surface area contributed by atoms with Gasteiger partial charge in [-0.25, -0.2) is 0 Å². The van der Waals surface area contributed by atoms with Crippen LogP contribution in [-0.2, 0) is 6.54 Å². The molecule has 0 radical (unpaired) electrons. The van der Waals surface area contributed by atoms with Crippen molar-refractivity contribution in [3.8, 4) is 0 Å². The van der Waals surface area contributed by atoms with Gasteiger partial charge in [0.05, 0.1) is 11.7 Å². The highest BCUT2D eigenvalue weighted by atomic mass is 16.1. The van der Waals surface area contributed by atoms with Gasteiger partial charge >= 0.3 is 0 Å². The summed E-state index contributed by atoms with van der Waals surface area (Å²) in [6.07, 6.45) is 2.38. The maximum absolute atomic E-state index is 11.5. The maximum Gasteiger partial charge on any atom is 0.162 e. The molecule has 0 N–H and O–H groups in total. The third-order valence-corrected chi connectivity index (χ3v) is 2.59. The molecule has 0 saturated heterocycles. The van der Waals surface area contributed by atoms with E-state index in [4.69, 9.17) is 0 Å². The van der Waals surface area contributed by atoms with Crippen LogP contribution < -0.4 is 0 Å². The highest BCUT2D eigenvalue weighted by Crippen LogP contribution is 2.16. The molecule has 0 spiro atoms. The predicted molar refractivity (Wildman–Crippen MR) is 60.0 cm³/mol. The van der Waals surface area contributed by atoms with Gasteiger partial charge < -0.3 is 0 Å². The van der Waals surface area contributed by atoms with Crippen LogP contribution in [0, 0.1) is 0 Å². The molecule has 0 aliphatic rings. The summed E-state index contributed by atoms with van der Waals surface area (Å²) in [5.41, 5.74) is 1.82. The molecule has 0 aliphatic carbocycles. The average molecular weight is 202 g/mol. The van der Waals surface area contributed by atoms with Crippen molar-refractivity contribution in [3.05, 3.63) is 30.0 Å². The summed E-state index contributed by atoms with van der Waals surface area (Å²) in [4.78, 5) is 11.5. The summed E-state index contributed by atoms with van der Waals surface area (Å²) in [5.74, 6) is 0.181. The molecule has 3 heteroatoms. The largest absolute Gasteiger partial charge is 0.294 e. The van der Waals surface area contributed by atoms with Crippen molar-refractivity contribution in [3.63, 3.8) is 0 Å². The lowest BCUT2D eigenvalue weighted by molar-refractivity contribution is 0.0988. The summed E-state index contributed by atoms with van der Waals surface area (Å²) in [6.45, 7) is 4.75. The van der Waals surface area contributed by atoms with Gasteiger partial charge in [-0.05, 0) is 13.0 Å². The zero-order chi connectivity index (χ0) is 10.8. The molecule has 0 atom stereocenters. The van der Waals surface area contributed by atoms with Crippen LogP contribution in [0.2, 0.25) is 0 Å². The quantitative estimate of drug-likeness (QED) is 0.717. The molecule has 1 aromatic heterocycles. The van der Waals surface area contributed by atoms with E-state index in [1.807, 2.05) is 42.9 Å². The van der Waals surface area contributed by atoms with E-state index in [9.17, 15) is 4.79 Å². The van der Waals surface area contributed by atoms with E-state index in [-0.39, 0.29) is 5.78 Å². The molecule has 2 aromatic rings. The van der Waals surface area contributed by atoms with Gasteiger partial charge in [0, 0.05) is 23.9 Å². The average Bonchev–Trinajstić information content (AvgIpc) is 2.69. The Balaban J connectivity index is 2.57. The van der Waals surface area contributed by atoms with Gasteiger partial charge in [-0.1, -0.05) is 19.1 Å². The van der Waals surface area contributed by atoms with E-state index in [2.05, 4.69) is 5.10 Å². The number of aromatic nitrogens is 2. The van der Waals surface area contributed by atoms with E-state index < -0.39 is 0 Å². The lowest BCUT2D eigenvalue weighted by Gasteiger charge is -2.01. The summed E-state index contributed by atoms with van der Waals surface area (Å²) >= 11 is 0. The molecular formula is C12H14N2O. The molecule has 1 aromatic carbocycles. The first-order chi connectivity index (χ1) is 7.26. The molecule has 3 nitrogen and oxygen atoms in total. The number of nitrogens with zero attached hydrogens (tertiary/aromatic N) is 2. The van der Waals surface area contributed by atoms with E-state index >= 15 is 0 Å². The first-order valence-electron chi connectivity index (χ1n) is 5.25. The second kappa shape index (κ2) is 3.85. The van der Waals surface area contributed by atoms with Crippen molar-refractivity contribution >= 4 is 16.7 Å². The smallest absolute Gasteiger partial charge is 0.162 e. The third kappa shape index (κ3) is 1.65. The van der Waals surface area contributed by atoms with Crippen molar-refractivity contribution in [2.45, 2.75) is 26.8 Å². The zero-order valence-corrected chi connectivity index (χ0v) is 9.03. The fourth-order valence-electron chi connectivity index (χ4n) is 1.70. The van der Waals surface area contributed by atoms with Crippen molar-refractivity contribution in [1.29, 1.82) is 0 Å². The summed E-state index contributed by atoms with van der Waals surface area (Å²) in [5, 5.41) is 5.33. The number of rotatable bonds is 3. The lowest BCUT2D eigenvalue weighted by Crippen LogP contribution is -1.99. The standard InChI is InChI=1S/C12H14N2O/c1-3-12(15)9-5-6-10-8-13-14(4-2)11(10)7-9/h5-8H,3-4H2,1-2H3. The highest BCUT2D eigenvalue weighted by Gasteiger charge is 2.06. The molecule has 2 rings (SSSR count). The summed E-state index contributed by atoms with van der Waals surface area (Å²) in [6, 6.07) is 5.75. The number of carbonyl (C=O) groups is 1. The molecule has 0 fully saturated rings. The number of benzene rings is 1. The molecule has 1 heterocycles. The molecule has 15 heavy (non-hydrogen) atoms. The molecule has 0 bridgehead atoms. The molecule has 78 valence electrons. The number of Topliss-reactive ketones (excluding diaryl/α,β-unsaturated/α-hetero) is 1. The van der Waals surface area contributed by atoms with Crippen LogP contribution >= 0.6 is 0 Å². The lowest BCUT2D eigenvalue weighted by atomic mass is 10.1. The van der Waals surface area contributed by atoms with Gasteiger partial charge in [-0.15, -0.1) is 0 Å².